The van der Waals surface area contributed by atoms with E-state index in [2.05, 4.69) is 36.4 Å². The van der Waals surface area contributed by atoms with Crippen molar-refractivity contribution < 1.29 is 9.53 Å². The molecule has 5 nitrogen and oxygen atoms in total. The van der Waals surface area contributed by atoms with Crippen LogP contribution in [0.25, 0.3) is 0 Å². The molecule has 2 heterocycles. The lowest BCUT2D eigenvalue weighted by atomic mass is 10.3. The maximum Gasteiger partial charge on any atom is 0.344 e. The molecule has 0 fully saturated rings. The van der Waals surface area contributed by atoms with E-state index in [0.717, 1.165) is 10.2 Å². The van der Waals surface area contributed by atoms with Crippen molar-refractivity contribution in [1.82, 2.24) is 4.37 Å². The fourth-order valence-electron chi connectivity index (χ4n) is 1.51. The molecule has 0 aliphatic carbocycles. The number of nitrogens with two attached hydrogens (primary N) is 1. The van der Waals surface area contributed by atoms with Gasteiger partial charge in [0.15, 0.2) is 5.82 Å². The highest BCUT2D eigenvalue weighted by Crippen LogP contribution is 2.28. The van der Waals surface area contributed by atoms with E-state index in [9.17, 15) is 4.79 Å². The number of esters is 1. The Bertz CT molecular complexity index is 582. The standard InChI is InChI=1S/C11H12BrN3O2S2/c1-17-11(16)8-9(13)15-19-10(8)14-5-4-6-2-3-7(12)18-6/h2-3,14H,4-5H2,1H3,(H2,13,15). The molecular formula is C11H12BrN3O2S2. The second kappa shape index (κ2) is 6.36. The van der Waals surface area contributed by atoms with Gasteiger partial charge in [0.05, 0.1) is 10.9 Å². The summed E-state index contributed by atoms with van der Waals surface area (Å²) < 4.78 is 9.77. The smallest absolute Gasteiger partial charge is 0.344 e. The molecule has 0 aliphatic heterocycles. The van der Waals surface area contributed by atoms with Gasteiger partial charge in [0.2, 0.25) is 0 Å². The van der Waals surface area contributed by atoms with Gasteiger partial charge in [-0.3, -0.25) is 0 Å². The average molecular weight is 362 g/mol. The molecule has 0 aromatic carbocycles. The lowest BCUT2D eigenvalue weighted by Gasteiger charge is -2.04. The summed E-state index contributed by atoms with van der Waals surface area (Å²) in [7, 11) is 1.33. The van der Waals surface area contributed by atoms with E-state index in [-0.39, 0.29) is 5.82 Å². The van der Waals surface area contributed by atoms with Gasteiger partial charge in [-0.05, 0) is 46.0 Å². The van der Waals surface area contributed by atoms with Crippen LogP contribution in [0.3, 0.4) is 0 Å². The van der Waals surface area contributed by atoms with Gasteiger partial charge in [-0.1, -0.05) is 0 Å². The van der Waals surface area contributed by atoms with Gasteiger partial charge in [0, 0.05) is 11.4 Å². The maximum atomic E-state index is 11.6. The zero-order chi connectivity index (χ0) is 13.8. The molecule has 19 heavy (non-hydrogen) atoms. The topological polar surface area (TPSA) is 77.2 Å². The molecule has 2 rings (SSSR count). The highest BCUT2D eigenvalue weighted by Gasteiger charge is 2.19. The Balaban J connectivity index is 1.98. The quantitative estimate of drug-likeness (QED) is 0.800. The Labute approximate surface area is 127 Å². The van der Waals surface area contributed by atoms with Crippen LogP contribution in [-0.2, 0) is 11.2 Å². The molecule has 0 amide bonds. The van der Waals surface area contributed by atoms with Gasteiger partial charge in [-0.15, -0.1) is 11.3 Å². The number of nitrogens with zero attached hydrogens (tertiary/aromatic N) is 1. The van der Waals surface area contributed by atoms with Crippen LogP contribution in [0.2, 0.25) is 0 Å². The second-order valence-corrected chi connectivity index (χ2v) is 6.97. The fraction of sp³-hybridized carbons (Fsp3) is 0.273. The largest absolute Gasteiger partial charge is 0.465 e. The summed E-state index contributed by atoms with van der Waals surface area (Å²) in [5.74, 6) is -0.258. The molecule has 0 unspecified atom stereocenters. The molecule has 3 N–H and O–H groups in total. The van der Waals surface area contributed by atoms with Gasteiger partial charge in [-0.25, -0.2) is 4.79 Å². The molecule has 0 saturated heterocycles. The average Bonchev–Trinajstić information content (AvgIpc) is 2.96. The Morgan fingerprint density at radius 1 is 1.58 bits per heavy atom. The molecule has 2 aromatic rings. The molecule has 0 radical (unpaired) electrons. The fourth-order valence-corrected chi connectivity index (χ4v) is 3.72. The maximum absolute atomic E-state index is 11.6. The number of halogens is 1. The molecule has 102 valence electrons. The summed E-state index contributed by atoms with van der Waals surface area (Å²) in [5.41, 5.74) is 5.98. The Morgan fingerprint density at radius 2 is 2.37 bits per heavy atom. The first-order chi connectivity index (χ1) is 9.11. The molecule has 0 atom stereocenters. The minimum atomic E-state index is -0.465. The van der Waals surface area contributed by atoms with Crippen LogP contribution < -0.4 is 11.1 Å². The van der Waals surface area contributed by atoms with E-state index >= 15 is 0 Å². The summed E-state index contributed by atoms with van der Waals surface area (Å²) in [6.07, 6.45) is 0.870. The van der Waals surface area contributed by atoms with E-state index in [1.807, 2.05) is 6.07 Å². The summed E-state index contributed by atoms with van der Waals surface area (Å²) in [4.78, 5) is 12.8. The lowest BCUT2D eigenvalue weighted by molar-refractivity contribution is 0.0603. The first-order valence-electron chi connectivity index (χ1n) is 5.43. The first kappa shape index (κ1) is 14.3. The van der Waals surface area contributed by atoms with Gasteiger partial charge in [0.1, 0.15) is 10.6 Å². The highest BCUT2D eigenvalue weighted by atomic mass is 79.9. The minimum Gasteiger partial charge on any atom is -0.465 e. The van der Waals surface area contributed by atoms with E-state index in [4.69, 9.17) is 5.73 Å². The number of methoxy groups -OCH3 is 1. The van der Waals surface area contributed by atoms with Crippen molar-refractivity contribution in [2.75, 3.05) is 24.7 Å². The van der Waals surface area contributed by atoms with E-state index in [1.165, 1.54) is 23.5 Å². The minimum absolute atomic E-state index is 0.207. The molecule has 8 heteroatoms. The monoisotopic (exact) mass is 361 g/mol. The summed E-state index contributed by atoms with van der Waals surface area (Å²) >= 11 is 6.28. The zero-order valence-corrected chi connectivity index (χ0v) is 13.3. The number of anilines is 2. The molecule has 0 spiro atoms. The van der Waals surface area contributed by atoms with E-state index in [1.54, 1.807) is 11.3 Å². The highest BCUT2D eigenvalue weighted by molar-refractivity contribution is 9.11. The van der Waals surface area contributed by atoms with Crippen LogP contribution in [0, 0.1) is 0 Å². The lowest BCUT2D eigenvalue weighted by Crippen LogP contribution is -2.09. The van der Waals surface area contributed by atoms with Crippen LogP contribution in [-0.4, -0.2) is 24.0 Å². The number of carbonyl (C=O) groups excluding carboxylic acids is 1. The van der Waals surface area contributed by atoms with Crippen molar-refractivity contribution in [3.05, 3.63) is 26.4 Å². The van der Waals surface area contributed by atoms with Crippen molar-refractivity contribution in [3.63, 3.8) is 0 Å². The third kappa shape index (κ3) is 3.46. The van der Waals surface area contributed by atoms with Gasteiger partial charge < -0.3 is 15.8 Å². The normalized spacial score (nSPS) is 10.4. The van der Waals surface area contributed by atoms with Crippen LogP contribution in [0.1, 0.15) is 15.2 Å². The van der Waals surface area contributed by atoms with Gasteiger partial charge in [0.25, 0.3) is 0 Å². The van der Waals surface area contributed by atoms with Crippen molar-refractivity contribution in [2.24, 2.45) is 0 Å². The number of nitrogen functional groups attached to an aromatic ring is 1. The summed E-state index contributed by atoms with van der Waals surface area (Å²) in [5, 5.41) is 3.83. The number of nitrogens with one attached hydrogen (secondary N) is 1. The number of hydrogen-bond donors (Lipinski definition) is 2. The van der Waals surface area contributed by atoms with Crippen molar-refractivity contribution >= 4 is 55.6 Å². The van der Waals surface area contributed by atoms with Crippen molar-refractivity contribution in [3.8, 4) is 0 Å². The van der Waals surface area contributed by atoms with Crippen molar-refractivity contribution in [1.29, 1.82) is 0 Å². The Morgan fingerprint density at radius 3 is 3.00 bits per heavy atom. The predicted octanol–water partition coefficient (Wildman–Crippen LogP) is 2.99. The van der Waals surface area contributed by atoms with Crippen LogP contribution in [0.4, 0.5) is 10.8 Å². The summed E-state index contributed by atoms with van der Waals surface area (Å²) in [6, 6.07) is 4.09. The summed E-state index contributed by atoms with van der Waals surface area (Å²) in [6.45, 7) is 0.707. The van der Waals surface area contributed by atoms with Crippen LogP contribution in [0.15, 0.2) is 15.9 Å². The van der Waals surface area contributed by atoms with Crippen LogP contribution in [0.5, 0.6) is 0 Å². The SMILES string of the molecule is COC(=O)c1c(N)nsc1NCCc1ccc(Br)s1. The molecular weight excluding hydrogens is 350 g/mol. The predicted molar refractivity (Wildman–Crippen MR) is 82.1 cm³/mol. The number of carbonyl (C=O) groups is 1. The number of aromatic nitrogens is 1. The number of ether oxygens (including phenoxy) is 1. The second-order valence-electron chi connectivity index (χ2n) is 3.65. The molecule has 0 bridgehead atoms. The molecule has 0 aliphatic rings. The van der Waals surface area contributed by atoms with Gasteiger partial charge >= 0.3 is 5.97 Å². The first-order valence-corrected chi connectivity index (χ1v) is 7.81. The Kier molecular flexibility index (Phi) is 4.78. The number of hydrogen-bond acceptors (Lipinski definition) is 7. The third-order valence-corrected chi connectivity index (χ3v) is 4.90. The zero-order valence-electron chi connectivity index (χ0n) is 10.1. The van der Waals surface area contributed by atoms with Gasteiger partial charge in [-0.2, -0.15) is 4.37 Å². The Hall–Kier alpha value is -1.12. The molecule has 2 aromatic heterocycles. The van der Waals surface area contributed by atoms with E-state index in [0.29, 0.717) is 17.1 Å². The molecule has 0 saturated carbocycles. The number of rotatable bonds is 5. The van der Waals surface area contributed by atoms with E-state index < -0.39 is 5.97 Å². The number of thiophene rings is 1. The van der Waals surface area contributed by atoms with Crippen molar-refractivity contribution in [2.45, 2.75) is 6.42 Å². The van der Waals surface area contributed by atoms with Crippen LogP contribution >= 0.6 is 38.8 Å². The third-order valence-electron chi connectivity index (χ3n) is 2.39.